The standard InChI is InChI=1S/C13H17N3O3/c1-14-12-8-3-2-7(4-9(8)15-13(12)19)16-5-10(17)11(18)6-16/h2-4,10-12,14,17-18H,5-6H2,1H3,(H,15,19). The van der Waals surface area contributed by atoms with Crippen molar-refractivity contribution in [2.75, 3.05) is 30.4 Å². The monoisotopic (exact) mass is 263 g/mol. The van der Waals surface area contributed by atoms with Crippen LogP contribution in [0.1, 0.15) is 11.6 Å². The predicted molar refractivity (Wildman–Crippen MR) is 71.1 cm³/mol. The van der Waals surface area contributed by atoms with Gasteiger partial charge >= 0.3 is 0 Å². The first-order valence-electron chi connectivity index (χ1n) is 6.33. The number of benzene rings is 1. The van der Waals surface area contributed by atoms with E-state index < -0.39 is 12.2 Å². The van der Waals surface area contributed by atoms with E-state index in [1.54, 1.807) is 7.05 Å². The summed E-state index contributed by atoms with van der Waals surface area (Å²) >= 11 is 0. The third-order valence-electron chi connectivity index (χ3n) is 3.78. The molecule has 6 nitrogen and oxygen atoms in total. The Morgan fingerprint density at radius 3 is 2.63 bits per heavy atom. The molecule has 0 radical (unpaired) electrons. The zero-order valence-corrected chi connectivity index (χ0v) is 10.6. The third-order valence-corrected chi connectivity index (χ3v) is 3.78. The second-order valence-corrected chi connectivity index (χ2v) is 5.02. The average molecular weight is 263 g/mol. The molecule has 3 rings (SSSR count). The van der Waals surface area contributed by atoms with Gasteiger partial charge in [-0.1, -0.05) is 6.07 Å². The van der Waals surface area contributed by atoms with Gasteiger partial charge < -0.3 is 25.7 Å². The van der Waals surface area contributed by atoms with Gasteiger partial charge in [0, 0.05) is 30.0 Å². The Balaban J connectivity index is 1.88. The Kier molecular flexibility index (Phi) is 2.93. The molecule has 1 saturated heterocycles. The van der Waals surface area contributed by atoms with Gasteiger partial charge in [-0.2, -0.15) is 0 Å². The Morgan fingerprint density at radius 2 is 2.00 bits per heavy atom. The van der Waals surface area contributed by atoms with Crippen molar-refractivity contribution in [3.05, 3.63) is 23.8 Å². The lowest BCUT2D eigenvalue weighted by Crippen LogP contribution is -2.23. The maximum atomic E-state index is 11.7. The highest BCUT2D eigenvalue weighted by molar-refractivity contribution is 6.03. The van der Waals surface area contributed by atoms with E-state index in [0.29, 0.717) is 13.1 Å². The molecule has 0 saturated carbocycles. The minimum Gasteiger partial charge on any atom is -0.389 e. The van der Waals surface area contributed by atoms with Gasteiger partial charge in [-0.25, -0.2) is 0 Å². The van der Waals surface area contributed by atoms with Gasteiger partial charge in [0.25, 0.3) is 0 Å². The van der Waals surface area contributed by atoms with Crippen molar-refractivity contribution in [3.8, 4) is 0 Å². The van der Waals surface area contributed by atoms with Crippen molar-refractivity contribution in [2.24, 2.45) is 0 Å². The number of β-amino-alcohol motifs (C(OH)–C–C–N with tert-alkyl or cyclic N) is 2. The summed E-state index contributed by atoms with van der Waals surface area (Å²) in [4.78, 5) is 13.6. The van der Waals surface area contributed by atoms with Crippen molar-refractivity contribution in [1.82, 2.24) is 5.32 Å². The lowest BCUT2D eigenvalue weighted by molar-refractivity contribution is -0.117. The van der Waals surface area contributed by atoms with E-state index in [4.69, 9.17) is 0 Å². The second-order valence-electron chi connectivity index (χ2n) is 5.02. The SMILES string of the molecule is CNC1C(=O)Nc2cc(N3CC(O)C(O)C3)ccc21. The van der Waals surface area contributed by atoms with E-state index in [2.05, 4.69) is 10.6 Å². The van der Waals surface area contributed by atoms with Gasteiger partial charge in [0.05, 0.1) is 12.2 Å². The molecule has 3 unspecified atom stereocenters. The van der Waals surface area contributed by atoms with Gasteiger partial charge in [0.1, 0.15) is 6.04 Å². The van der Waals surface area contributed by atoms with Gasteiger partial charge in [-0.15, -0.1) is 0 Å². The van der Waals surface area contributed by atoms with Crippen LogP contribution in [-0.2, 0) is 4.79 Å². The number of nitrogens with zero attached hydrogens (tertiary/aromatic N) is 1. The highest BCUT2D eigenvalue weighted by Gasteiger charge is 2.32. The van der Waals surface area contributed by atoms with Crippen molar-refractivity contribution in [1.29, 1.82) is 0 Å². The molecule has 102 valence electrons. The second kappa shape index (κ2) is 4.48. The largest absolute Gasteiger partial charge is 0.389 e. The summed E-state index contributed by atoms with van der Waals surface area (Å²) in [5.41, 5.74) is 2.61. The average Bonchev–Trinajstić information content (AvgIpc) is 2.88. The molecule has 0 bridgehead atoms. The number of aliphatic hydroxyl groups is 2. The number of fused-ring (bicyclic) bond motifs is 1. The summed E-state index contributed by atoms with van der Waals surface area (Å²) in [5, 5.41) is 24.9. The lowest BCUT2D eigenvalue weighted by Gasteiger charge is -2.18. The third kappa shape index (κ3) is 1.98. The van der Waals surface area contributed by atoms with Gasteiger partial charge in [-0.05, 0) is 19.2 Å². The first-order chi connectivity index (χ1) is 9.10. The van der Waals surface area contributed by atoms with Crippen LogP contribution in [0.2, 0.25) is 0 Å². The Bertz CT molecular complexity index is 510. The van der Waals surface area contributed by atoms with Crippen LogP contribution < -0.4 is 15.5 Å². The minimum atomic E-state index is -0.715. The zero-order chi connectivity index (χ0) is 13.6. The highest BCUT2D eigenvalue weighted by Crippen LogP contribution is 2.34. The molecule has 6 heteroatoms. The van der Waals surface area contributed by atoms with E-state index in [9.17, 15) is 15.0 Å². The molecule has 2 aliphatic rings. The Labute approximate surface area is 111 Å². The fourth-order valence-corrected chi connectivity index (χ4v) is 2.71. The summed E-state index contributed by atoms with van der Waals surface area (Å²) in [5.74, 6) is -0.0591. The number of amides is 1. The van der Waals surface area contributed by atoms with E-state index in [1.807, 2.05) is 23.1 Å². The number of nitrogens with one attached hydrogen (secondary N) is 2. The summed E-state index contributed by atoms with van der Waals surface area (Å²) < 4.78 is 0. The minimum absolute atomic E-state index is 0.0591. The number of carbonyl (C=O) groups is 1. The smallest absolute Gasteiger partial charge is 0.246 e. The Hall–Kier alpha value is -1.63. The maximum absolute atomic E-state index is 11.7. The highest BCUT2D eigenvalue weighted by atomic mass is 16.3. The first-order valence-corrected chi connectivity index (χ1v) is 6.33. The molecule has 0 aliphatic carbocycles. The Morgan fingerprint density at radius 1 is 1.32 bits per heavy atom. The van der Waals surface area contributed by atoms with Crippen LogP contribution in [0.3, 0.4) is 0 Å². The number of carbonyl (C=O) groups excluding carboxylic acids is 1. The quantitative estimate of drug-likeness (QED) is 0.575. The molecule has 4 N–H and O–H groups in total. The van der Waals surface area contributed by atoms with E-state index in [-0.39, 0.29) is 11.9 Å². The number of hydrogen-bond acceptors (Lipinski definition) is 5. The predicted octanol–water partition coefficient (Wildman–Crippen LogP) is -0.559. The molecule has 1 aromatic carbocycles. The van der Waals surface area contributed by atoms with Crippen LogP contribution in [0.5, 0.6) is 0 Å². The molecule has 2 heterocycles. The molecule has 3 atom stereocenters. The fourth-order valence-electron chi connectivity index (χ4n) is 2.71. The van der Waals surface area contributed by atoms with Crippen LogP contribution in [-0.4, -0.2) is 48.5 Å². The molecular weight excluding hydrogens is 246 g/mol. The molecule has 0 aromatic heterocycles. The van der Waals surface area contributed by atoms with Crippen molar-refractivity contribution in [3.63, 3.8) is 0 Å². The van der Waals surface area contributed by atoms with E-state index in [1.165, 1.54) is 0 Å². The van der Waals surface area contributed by atoms with Crippen molar-refractivity contribution < 1.29 is 15.0 Å². The number of aliphatic hydroxyl groups excluding tert-OH is 2. The molecular formula is C13H17N3O3. The molecule has 1 amide bonds. The van der Waals surface area contributed by atoms with Gasteiger partial charge in [0.2, 0.25) is 5.91 Å². The van der Waals surface area contributed by atoms with Gasteiger partial charge in [-0.3, -0.25) is 4.79 Å². The number of rotatable bonds is 2. The number of hydrogen-bond donors (Lipinski definition) is 4. The van der Waals surface area contributed by atoms with Crippen LogP contribution in [0.25, 0.3) is 0 Å². The molecule has 0 spiro atoms. The van der Waals surface area contributed by atoms with Crippen LogP contribution in [0, 0.1) is 0 Å². The first kappa shape index (κ1) is 12.4. The normalized spacial score (nSPS) is 29.5. The van der Waals surface area contributed by atoms with E-state index in [0.717, 1.165) is 16.9 Å². The van der Waals surface area contributed by atoms with Crippen molar-refractivity contribution >= 4 is 17.3 Å². The summed E-state index contributed by atoms with van der Waals surface area (Å²) in [7, 11) is 1.75. The molecule has 19 heavy (non-hydrogen) atoms. The molecule has 1 aromatic rings. The lowest BCUT2D eigenvalue weighted by atomic mass is 10.1. The molecule has 1 fully saturated rings. The molecule has 2 aliphatic heterocycles. The topological polar surface area (TPSA) is 84.8 Å². The van der Waals surface area contributed by atoms with Crippen LogP contribution in [0.15, 0.2) is 18.2 Å². The zero-order valence-electron chi connectivity index (χ0n) is 10.6. The summed E-state index contributed by atoms with van der Waals surface area (Å²) in [6.45, 7) is 0.812. The number of anilines is 2. The maximum Gasteiger partial charge on any atom is 0.246 e. The fraction of sp³-hybridized carbons (Fsp3) is 0.462. The van der Waals surface area contributed by atoms with Crippen molar-refractivity contribution in [2.45, 2.75) is 18.2 Å². The summed E-state index contributed by atoms with van der Waals surface area (Å²) in [6.07, 6.45) is -1.43. The van der Waals surface area contributed by atoms with Crippen LogP contribution >= 0.6 is 0 Å². The van der Waals surface area contributed by atoms with E-state index >= 15 is 0 Å². The summed E-state index contributed by atoms with van der Waals surface area (Å²) in [6, 6.07) is 5.39. The van der Waals surface area contributed by atoms with Gasteiger partial charge in [0.15, 0.2) is 0 Å². The number of likely N-dealkylation sites (N-methyl/N-ethyl adjacent to an activating group) is 1. The van der Waals surface area contributed by atoms with Crippen LogP contribution in [0.4, 0.5) is 11.4 Å².